The van der Waals surface area contributed by atoms with Gasteiger partial charge in [-0.2, -0.15) is 0 Å². The highest BCUT2D eigenvalue weighted by molar-refractivity contribution is 7.98. The molecule has 1 atom stereocenters. The molecule has 110 valence electrons. The van der Waals surface area contributed by atoms with Crippen LogP contribution >= 0.6 is 11.8 Å². The van der Waals surface area contributed by atoms with E-state index < -0.39 is 5.97 Å². The monoisotopic (exact) mass is 294 g/mol. The van der Waals surface area contributed by atoms with E-state index in [2.05, 4.69) is 17.1 Å². The summed E-state index contributed by atoms with van der Waals surface area (Å²) < 4.78 is 0. The van der Waals surface area contributed by atoms with E-state index in [-0.39, 0.29) is 0 Å². The molecule has 0 amide bonds. The fraction of sp³-hybridized carbons (Fsp3) is 0.533. The normalized spacial score (nSPS) is 19.2. The first-order chi connectivity index (χ1) is 9.67. The van der Waals surface area contributed by atoms with Crippen LogP contribution in [0.15, 0.2) is 23.1 Å². The van der Waals surface area contributed by atoms with Crippen molar-refractivity contribution in [2.45, 2.75) is 30.7 Å². The summed E-state index contributed by atoms with van der Waals surface area (Å²) in [5.41, 5.74) is 1.12. The van der Waals surface area contributed by atoms with E-state index in [9.17, 15) is 9.90 Å². The van der Waals surface area contributed by atoms with Gasteiger partial charge in [0.1, 0.15) is 0 Å². The molecular weight excluding hydrogens is 272 g/mol. The van der Waals surface area contributed by atoms with Crippen LogP contribution in [0.5, 0.6) is 0 Å². The van der Waals surface area contributed by atoms with Gasteiger partial charge in [-0.05, 0) is 44.3 Å². The highest BCUT2D eigenvalue weighted by Gasteiger charge is 2.23. The van der Waals surface area contributed by atoms with Gasteiger partial charge in [0.25, 0.3) is 0 Å². The average molecular weight is 294 g/mol. The number of likely N-dealkylation sites (N-methyl/N-ethyl adjacent to an activating group) is 1. The summed E-state index contributed by atoms with van der Waals surface area (Å²) in [6, 6.07) is 6.13. The lowest BCUT2D eigenvalue weighted by Crippen LogP contribution is -2.34. The second kappa shape index (κ2) is 6.99. The number of aromatic carboxylic acids is 1. The van der Waals surface area contributed by atoms with Gasteiger partial charge in [-0.15, -0.1) is 11.8 Å². The van der Waals surface area contributed by atoms with Crippen molar-refractivity contribution < 1.29 is 9.90 Å². The van der Waals surface area contributed by atoms with Crippen LogP contribution in [-0.4, -0.2) is 47.9 Å². The fourth-order valence-corrected chi connectivity index (χ4v) is 3.46. The van der Waals surface area contributed by atoms with E-state index >= 15 is 0 Å². The van der Waals surface area contributed by atoms with Crippen LogP contribution < -0.4 is 5.32 Å². The van der Waals surface area contributed by atoms with Crippen molar-refractivity contribution in [3.05, 3.63) is 23.8 Å². The van der Waals surface area contributed by atoms with Gasteiger partial charge in [-0.3, -0.25) is 4.90 Å². The van der Waals surface area contributed by atoms with Crippen molar-refractivity contribution in [3.8, 4) is 0 Å². The smallest absolute Gasteiger partial charge is 0.338 e. The molecular formula is C15H22N2O2S. The zero-order valence-electron chi connectivity index (χ0n) is 12.1. The molecule has 1 fully saturated rings. The molecule has 0 aromatic heterocycles. The first-order valence-corrected chi connectivity index (χ1v) is 8.28. The van der Waals surface area contributed by atoms with Crippen molar-refractivity contribution in [1.29, 1.82) is 0 Å². The molecule has 0 spiro atoms. The Morgan fingerprint density at radius 3 is 3.00 bits per heavy atom. The number of carbonyl (C=O) groups is 1. The first kappa shape index (κ1) is 15.2. The maximum Gasteiger partial charge on any atom is 0.338 e. The van der Waals surface area contributed by atoms with Crippen molar-refractivity contribution in [2.75, 3.05) is 31.2 Å². The lowest BCUT2D eigenvalue weighted by atomic mass is 10.1. The van der Waals surface area contributed by atoms with Crippen LogP contribution in [0.2, 0.25) is 0 Å². The molecule has 1 saturated heterocycles. The fourth-order valence-electron chi connectivity index (χ4n) is 2.84. The quantitative estimate of drug-likeness (QED) is 0.790. The maximum atomic E-state index is 11.5. The minimum absolute atomic E-state index is 0.390. The Kier molecular flexibility index (Phi) is 5.31. The molecule has 1 aromatic rings. The summed E-state index contributed by atoms with van der Waals surface area (Å²) in [5.74, 6) is -0.865. The lowest BCUT2D eigenvalue weighted by molar-refractivity contribution is 0.0694. The molecule has 5 heteroatoms. The van der Waals surface area contributed by atoms with E-state index in [4.69, 9.17) is 0 Å². The number of benzene rings is 1. The van der Waals surface area contributed by atoms with Crippen LogP contribution in [0.4, 0.5) is 5.69 Å². The predicted octanol–water partition coefficient (Wildman–Crippen LogP) is 3.00. The van der Waals surface area contributed by atoms with Crippen LogP contribution in [-0.2, 0) is 0 Å². The Bertz CT molecular complexity index is 479. The number of nitrogens with one attached hydrogen (secondary N) is 1. The zero-order valence-corrected chi connectivity index (χ0v) is 12.9. The van der Waals surface area contributed by atoms with Crippen LogP contribution in [0.25, 0.3) is 0 Å². The second-order valence-electron chi connectivity index (χ2n) is 4.99. The van der Waals surface area contributed by atoms with Gasteiger partial charge in [0.05, 0.1) is 5.56 Å². The van der Waals surface area contributed by atoms with Gasteiger partial charge in [0.15, 0.2) is 0 Å². The third kappa shape index (κ3) is 3.27. The minimum atomic E-state index is -0.865. The Labute approximate surface area is 124 Å². The van der Waals surface area contributed by atoms with Crippen molar-refractivity contribution in [2.24, 2.45) is 0 Å². The third-order valence-electron chi connectivity index (χ3n) is 3.89. The van der Waals surface area contributed by atoms with E-state index in [0.29, 0.717) is 11.6 Å². The summed E-state index contributed by atoms with van der Waals surface area (Å²) in [7, 11) is 0. The lowest BCUT2D eigenvalue weighted by Gasteiger charge is -2.24. The molecule has 2 N–H and O–H groups in total. The molecule has 1 unspecified atom stereocenters. The number of likely N-dealkylation sites (tertiary alicyclic amines) is 1. The molecule has 1 heterocycles. The van der Waals surface area contributed by atoms with Gasteiger partial charge < -0.3 is 10.4 Å². The SMILES string of the molecule is CCN1CCCC1CNc1cccc(SC)c1C(=O)O. The van der Waals surface area contributed by atoms with Crippen molar-refractivity contribution in [3.63, 3.8) is 0 Å². The maximum absolute atomic E-state index is 11.5. The van der Waals surface area contributed by atoms with E-state index in [1.165, 1.54) is 24.6 Å². The standard InChI is InChI=1S/C15H22N2O2S/c1-3-17-9-5-6-11(17)10-16-12-7-4-8-13(20-2)14(12)15(18)19/h4,7-8,11,16H,3,5-6,9-10H2,1-2H3,(H,18,19). The Morgan fingerprint density at radius 2 is 2.35 bits per heavy atom. The van der Waals surface area contributed by atoms with Crippen LogP contribution in [0, 0.1) is 0 Å². The predicted molar refractivity (Wildman–Crippen MR) is 83.9 cm³/mol. The number of carboxylic acid groups (broad SMARTS) is 1. The number of carboxylic acids is 1. The Morgan fingerprint density at radius 1 is 1.55 bits per heavy atom. The molecule has 1 aliphatic heterocycles. The molecule has 0 bridgehead atoms. The Balaban J connectivity index is 2.11. The van der Waals surface area contributed by atoms with Crippen LogP contribution in [0.3, 0.4) is 0 Å². The van der Waals surface area contributed by atoms with Gasteiger partial charge >= 0.3 is 5.97 Å². The van der Waals surface area contributed by atoms with Gasteiger partial charge in [-0.1, -0.05) is 13.0 Å². The first-order valence-electron chi connectivity index (χ1n) is 7.05. The van der Waals surface area contributed by atoms with E-state index in [1.807, 2.05) is 24.5 Å². The van der Waals surface area contributed by atoms with Crippen molar-refractivity contribution >= 4 is 23.4 Å². The molecule has 2 rings (SSSR count). The summed E-state index contributed by atoms with van der Waals surface area (Å²) in [5, 5.41) is 12.7. The summed E-state index contributed by atoms with van der Waals surface area (Å²) in [6.45, 7) is 5.20. The average Bonchev–Trinajstić information content (AvgIpc) is 2.91. The number of hydrogen-bond donors (Lipinski definition) is 2. The number of rotatable bonds is 6. The Hall–Kier alpha value is -1.20. The van der Waals surface area contributed by atoms with Gasteiger partial charge in [0.2, 0.25) is 0 Å². The van der Waals surface area contributed by atoms with Crippen molar-refractivity contribution in [1.82, 2.24) is 4.90 Å². The molecule has 4 nitrogen and oxygen atoms in total. The summed E-state index contributed by atoms with van der Waals surface area (Å²) in [4.78, 5) is 14.7. The molecule has 0 radical (unpaired) electrons. The largest absolute Gasteiger partial charge is 0.478 e. The van der Waals surface area contributed by atoms with E-state index in [1.54, 1.807) is 0 Å². The van der Waals surface area contributed by atoms with Gasteiger partial charge in [-0.25, -0.2) is 4.79 Å². The highest BCUT2D eigenvalue weighted by Crippen LogP contribution is 2.27. The van der Waals surface area contributed by atoms with E-state index in [0.717, 1.165) is 30.2 Å². The minimum Gasteiger partial charge on any atom is -0.478 e. The molecule has 1 aromatic carbocycles. The molecule has 1 aliphatic rings. The molecule has 0 aliphatic carbocycles. The third-order valence-corrected chi connectivity index (χ3v) is 4.67. The van der Waals surface area contributed by atoms with Gasteiger partial charge in [0, 0.05) is 23.2 Å². The number of thioether (sulfide) groups is 1. The topological polar surface area (TPSA) is 52.6 Å². The molecule has 0 saturated carbocycles. The number of anilines is 1. The molecule has 20 heavy (non-hydrogen) atoms. The number of hydrogen-bond acceptors (Lipinski definition) is 4. The summed E-state index contributed by atoms with van der Waals surface area (Å²) in [6.07, 6.45) is 4.32. The zero-order chi connectivity index (χ0) is 14.5. The second-order valence-corrected chi connectivity index (χ2v) is 5.84. The van der Waals surface area contributed by atoms with Crippen LogP contribution in [0.1, 0.15) is 30.1 Å². The number of nitrogens with zero attached hydrogens (tertiary/aromatic N) is 1. The summed E-state index contributed by atoms with van der Waals surface area (Å²) >= 11 is 1.47. The highest BCUT2D eigenvalue weighted by atomic mass is 32.2.